The molecule has 0 radical (unpaired) electrons. The van der Waals surface area contributed by atoms with E-state index in [0.717, 1.165) is 0 Å². The molecule has 24 heavy (non-hydrogen) atoms. The van der Waals surface area contributed by atoms with Crippen LogP contribution in [0.25, 0.3) is 38.3 Å². The van der Waals surface area contributed by atoms with Crippen LogP contribution < -0.4 is 0 Å². The van der Waals surface area contributed by atoms with Crippen molar-refractivity contribution < 1.29 is 0 Å². The molecule has 0 aliphatic carbocycles. The molecule has 0 spiro atoms. The summed E-state index contributed by atoms with van der Waals surface area (Å²) in [7, 11) is 0. The Balaban J connectivity index is 2.05. The van der Waals surface area contributed by atoms with Gasteiger partial charge in [-0.05, 0) is 30.0 Å². The zero-order chi connectivity index (χ0) is 16.1. The lowest BCUT2D eigenvalue weighted by Crippen LogP contribution is -1.96. The topological polar surface area (TPSA) is 4.93 Å². The number of nitrogens with zero attached hydrogens (tertiary/aromatic N) is 1. The predicted molar refractivity (Wildman–Crippen MR) is 103 cm³/mol. The number of hydrogen-bond donors (Lipinski definition) is 0. The summed E-state index contributed by atoms with van der Waals surface area (Å²) in [5, 5.41) is 5.18. The van der Waals surface area contributed by atoms with Gasteiger partial charge in [0.05, 0.1) is 16.7 Å². The maximum Gasteiger partial charge on any atom is 0.0570 e. The molecule has 5 aromatic rings. The van der Waals surface area contributed by atoms with E-state index in [1.807, 2.05) is 0 Å². The lowest BCUT2D eigenvalue weighted by atomic mass is 10.1. The van der Waals surface area contributed by atoms with Crippen molar-refractivity contribution in [3.63, 3.8) is 0 Å². The lowest BCUT2D eigenvalue weighted by molar-refractivity contribution is 1.18. The number of aromatic nitrogens is 1. The zero-order valence-electron chi connectivity index (χ0n) is 13.5. The van der Waals surface area contributed by atoms with Gasteiger partial charge in [-0.25, -0.2) is 0 Å². The zero-order valence-corrected chi connectivity index (χ0v) is 13.5. The third kappa shape index (κ3) is 1.75. The molecule has 0 saturated heterocycles. The Morgan fingerprint density at radius 3 is 2.17 bits per heavy atom. The van der Waals surface area contributed by atoms with Gasteiger partial charge in [0.2, 0.25) is 0 Å². The molecule has 1 heteroatoms. The van der Waals surface area contributed by atoms with E-state index >= 15 is 0 Å². The first-order chi connectivity index (χ1) is 11.8. The van der Waals surface area contributed by atoms with Crippen molar-refractivity contribution in [3.8, 4) is 5.69 Å². The van der Waals surface area contributed by atoms with Crippen molar-refractivity contribution in [2.75, 3.05) is 0 Å². The van der Waals surface area contributed by atoms with Gasteiger partial charge in [-0.15, -0.1) is 0 Å². The van der Waals surface area contributed by atoms with Gasteiger partial charge in [0.15, 0.2) is 0 Å². The van der Waals surface area contributed by atoms with E-state index in [0.29, 0.717) is 0 Å². The van der Waals surface area contributed by atoms with E-state index in [9.17, 15) is 0 Å². The molecule has 1 aromatic heterocycles. The Morgan fingerprint density at radius 2 is 1.25 bits per heavy atom. The molecule has 0 bridgehead atoms. The highest BCUT2D eigenvalue weighted by atomic mass is 15.0. The fourth-order valence-electron chi connectivity index (χ4n) is 3.84. The maximum absolute atomic E-state index is 2.42. The number of fused-ring (bicyclic) bond motifs is 4. The van der Waals surface area contributed by atoms with Crippen molar-refractivity contribution in [1.29, 1.82) is 0 Å². The Morgan fingerprint density at radius 1 is 0.583 bits per heavy atom. The average molecular weight is 307 g/mol. The van der Waals surface area contributed by atoms with Crippen molar-refractivity contribution in [3.05, 3.63) is 90.5 Å². The van der Waals surface area contributed by atoms with E-state index < -0.39 is 0 Å². The van der Waals surface area contributed by atoms with Crippen LogP contribution in [0.1, 0.15) is 5.56 Å². The van der Waals surface area contributed by atoms with E-state index in [4.69, 9.17) is 0 Å². The summed E-state index contributed by atoms with van der Waals surface area (Å²) in [4.78, 5) is 0. The van der Waals surface area contributed by atoms with Gasteiger partial charge < -0.3 is 4.57 Å². The van der Waals surface area contributed by atoms with Crippen LogP contribution in [0, 0.1) is 6.92 Å². The first-order valence-electron chi connectivity index (χ1n) is 8.31. The van der Waals surface area contributed by atoms with E-state index in [-0.39, 0.29) is 0 Å². The SMILES string of the molecule is Cc1cccc2c3ccccc3n(-c3cccc4ccccc34)c12. The van der Waals surface area contributed by atoms with Crippen LogP contribution in [0.4, 0.5) is 0 Å². The molecule has 5 rings (SSSR count). The summed E-state index contributed by atoms with van der Waals surface area (Å²) >= 11 is 0. The van der Waals surface area contributed by atoms with Crippen LogP contribution in [-0.4, -0.2) is 4.57 Å². The van der Waals surface area contributed by atoms with Crippen LogP contribution in [0.15, 0.2) is 84.9 Å². The van der Waals surface area contributed by atoms with Crippen molar-refractivity contribution in [1.82, 2.24) is 4.57 Å². The number of para-hydroxylation sites is 2. The van der Waals surface area contributed by atoms with Gasteiger partial charge in [0.1, 0.15) is 0 Å². The van der Waals surface area contributed by atoms with Crippen molar-refractivity contribution in [2.24, 2.45) is 0 Å². The number of hydrogen-bond acceptors (Lipinski definition) is 0. The summed E-state index contributed by atoms with van der Waals surface area (Å²) in [5.41, 5.74) is 5.11. The molecular weight excluding hydrogens is 290 g/mol. The number of rotatable bonds is 1. The smallest absolute Gasteiger partial charge is 0.0570 e. The van der Waals surface area contributed by atoms with Gasteiger partial charge in [0.25, 0.3) is 0 Å². The number of aryl methyl sites for hydroxylation is 1. The van der Waals surface area contributed by atoms with Crippen LogP contribution in [0.3, 0.4) is 0 Å². The van der Waals surface area contributed by atoms with Crippen molar-refractivity contribution >= 4 is 32.6 Å². The second-order valence-electron chi connectivity index (χ2n) is 6.32. The Labute approximate surface area is 140 Å². The third-order valence-electron chi connectivity index (χ3n) is 4.90. The summed E-state index contributed by atoms with van der Waals surface area (Å²) in [6.07, 6.45) is 0. The Bertz CT molecular complexity index is 1210. The molecule has 1 nitrogen and oxygen atoms in total. The van der Waals surface area contributed by atoms with Crippen LogP contribution >= 0.6 is 0 Å². The second-order valence-corrected chi connectivity index (χ2v) is 6.32. The molecule has 0 aliphatic heterocycles. The largest absolute Gasteiger partial charge is 0.308 e. The highest BCUT2D eigenvalue weighted by Crippen LogP contribution is 2.35. The molecule has 0 N–H and O–H groups in total. The molecule has 4 aromatic carbocycles. The summed E-state index contributed by atoms with van der Waals surface area (Å²) < 4.78 is 2.42. The fourth-order valence-corrected chi connectivity index (χ4v) is 3.84. The Kier molecular flexibility index (Phi) is 2.77. The molecule has 0 saturated carbocycles. The third-order valence-corrected chi connectivity index (χ3v) is 4.90. The highest BCUT2D eigenvalue weighted by molar-refractivity contribution is 6.11. The van der Waals surface area contributed by atoms with Crippen molar-refractivity contribution in [2.45, 2.75) is 6.92 Å². The summed E-state index contributed by atoms with van der Waals surface area (Å²) in [6.45, 7) is 2.20. The first kappa shape index (κ1) is 13.4. The fraction of sp³-hybridized carbons (Fsp3) is 0.0435. The average Bonchev–Trinajstić information content (AvgIpc) is 2.97. The molecule has 0 atom stereocenters. The molecule has 0 amide bonds. The minimum atomic E-state index is 1.24. The summed E-state index contributed by atoms with van der Waals surface area (Å²) in [5.74, 6) is 0. The molecule has 114 valence electrons. The minimum absolute atomic E-state index is 1.24. The van der Waals surface area contributed by atoms with Gasteiger partial charge >= 0.3 is 0 Å². The molecular formula is C23H17N. The standard InChI is InChI=1S/C23H17N/c1-16-8-6-13-20-19-12-4-5-14-22(19)24(23(16)20)21-15-7-10-17-9-2-3-11-18(17)21/h2-15H,1H3. The molecule has 0 aliphatic rings. The van der Waals surface area contributed by atoms with Crippen LogP contribution in [0.5, 0.6) is 0 Å². The van der Waals surface area contributed by atoms with Gasteiger partial charge in [-0.1, -0.05) is 72.8 Å². The molecule has 0 unspecified atom stereocenters. The minimum Gasteiger partial charge on any atom is -0.308 e. The monoisotopic (exact) mass is 307 g/mol. The number of benzene rings is 4. The van der Waals surface area contributed by atoms with Gasteiger partial charge in [-0.2, -0.15) is 0 Å². The van der Waals surface area contributed by atoms with Gasteiger partial charge in [-0.3, -0.25) is 0 Å². The normalized spacial score (nSPS) is 11.5. The first-order valence-corrected chi connectivity index (χ1v) is 8.31. The van der Waals surface area contributed by atoms with E-state index in [2.05, 4.69) is 96.4 Å². The second kappa shape index (κ2) is 4.97. The van der Waals surface area contributed by atoms with Gasteiger partial charge in [0, 0.05) is 16.2 Å². The molecule has 0 fully saturated rings. The predicted octanol–water partition coefficient (Wildman–Crippen LogP) is 6.25. The van der Waals surface area contributed by atoms with E-state index in [1.165, 1.54) is 43.8 Å². The van der Waals surface area contributed by atoms with Crippen LogP contribution in [0.2, 0.25) is 0 Å². The van der Waals surface area contributed by atoms with E-state index in [1.54, 1.807) is 0 Å². The Hall–Kier alpha value is -3.06. The maximum atomic E-state index is 2.42. The lowest BCUT2D eigenvalue weighted by Gasteiger charge is -2.12. The molecule has 1 heterocycles. The van der Waals surface area contributed by atoms with Crippen LogP contribution in [-0.2, 0) is 0 Å². The quantitative estimate of drug-likeness (QED) is 0.345. The highest BCUT2D eigenvalue weighted by Gasteiger charge is 2.14. The summed E-state index contributed by atoms with van der Waals surface area (Å²) in [6, 6.07) is 30.4.